The van der Waals surface area contributed by atoms with E-state index in [0.717, 1.165) is 38.4 Å². The Bertz CT molecular complexity index is 1250. The van der Waals surface area contributed by atoms with Gasteiger partial charge in [-0.2, -0.15) is 5.10 Å². The fourth-order valence-electron chi connectivity index (χ4n) is 3.85. The maximum absolute atomic E-state index is 13.3. The number of nitrogens with zero attached hydrogens (tertiary/aromatic N) is 3. The van der Waals surface area contributed by atoms with Crippen molar-refractivity contribution in [2.75, 3.05) is 4.90 Å². The molecule has 1 aliphatic rings. The number of hydrogen-bond acceptors (Lipinski definition) is 8. The van der Waals surface area contributed by atoms with Crippen LogP contribution in [0.1, 0.15) is 69.7 Å². The van der Waals surface area contributed by atoms with Gasteiger partial charge in [0.1, 0.15) is 16.7 Å². The summed E-state index contributed by atoms with van der Waals surface area (Å²) in [5, 5.41) is 13.7. The van der Waals surface area contributed by atoms with Gasteiger partial charge in [-0.3, -0.25) is 4.90 Å². The number of fused-ring (bicyclic) bond motifs is 1. The number of alkyl carbamates (subject to hydrolysis) is 1. The van der Waals surface area contributed by atoms with Crippen LogP contribution in [-0.4, -0.2) is 39.1 Å². The molecule has 4 rings (SSSR count). The third-order valence-electron chi connectivity index (χ3n) is 5.70. The molecule has 0 unspecified atom stereocenters. The van der Waals surface area contributed by atoms with Crippen molar-refractivity contribution in [3.8, 4) is 0 Å². The van der Waals surface area contributed by atoms with Crippen LogP contribution in [0.15, 0.2) is 23.7 Å². The second kappa shape index (κ2) is 9.63. The third kappa shape index (κ3) is 6.34. The molecule has 0 atom stereocenters. The fraction of sp³-hybridized carbons (Fsp3) is 0.538. The Kier molecular flexibility index (Phi) is 7.04. The number of carbonyl (C=O) groups excluding carboxylic acids is 2. The quantitative estimate of drug-likeness (QED) is 0.386. The van der Waals surface area contributed by atoms with Gasteiger partial charge in [0, 0.05) is 21.7 Å². The zero-order valence-electron chi connectivity index (χ0n) is 21.9. The Morgan fingerprint density at radius 3 is 2.42 bits per heavy atom. The van der Waals surface area contributed by atoms with Crippen molar-refractivity contribution in [2.24, 2.45) is 0 Å². The zero-order valence-corrected chi connectivity index (χ0v) is 23.6. The molecule has 0 bridgehead atoms. The molecule has 3 heterocycles. The van der Waals surface area contributed by atoms with Crippen LogP contribution in [0.2, 0.25) is 0 Å². The normalized spacial score (nSPS) is 15.0. The molecule has 36 heavy (non-hydrogen) atoms. The van der Waals surface area contributed by atoms with Crippen molar-refractivity contribution in [1.82, 2.24) is 15.5 Å². The highest BCUT2D eigenvalue weighted by molar-refractivity contribution is 7.19. The van der Waals surface area contributed by atoms with Crippen molar-refractivity contribution in [3.05, 3.63) is 39.0 Å². The summed E-state index contributed by atoms with van der Waals surface area (Å²) >= 11 is 3.18. The van der Waals surface area contributed by atoms with Gasteiger partial charge in [0.2, 0.25) is 0 Å². The van der Waals surface area contributed by atoms with Crippen molar-refractivity contribution in [2.45, 2.75) is 91.0 Å². The molecule has 2 amide bonds. The minimum atomic E-state index is -0.632. The van der Waals surface area contributed by atoms with Gasteiger partial charge in [-0.25, -0.2) is 9.59 Å². The summed E-state index contributed by atoms with van der Waals surface area (Å²) in [7, 11) is 0. The van der Waals surface area contributed by atoms with Crippen LogP contribution in [0.3, 0.4) is 0 Å². The van der Waals surface area contributed by atoms with Crippen LogP contribution in [0, 0.1) is 6.92 Å². The molecule has 0 saturated heterocycles. The summed E-state index contributed by atoms with van der Waals surface area (Å²) in [6.07, 6.45) is 3.26. The number of nitrogens with one attached hydrogen (secondary N) is 1. The average Bonchev–Trinajstić information content (AvgIpc) is 3.14. The predicted molar refractivity (Wildman–Crippen MR) is 144 cm³/mol. The molecule has 0 aliphatic heterocycles. The van der Waals surface area contributed by atoms with E-state index in [2.05, 4.69) is 15.5 Å². The first-order valence-corrected chi connectivity index (χ1v) is 13.7. The molecule has 3 aromatic rings. The zero-order chi connectivity index (χ0) is 26.3. The second-order valence-corrected chi connectivity index (χ2v) is 13.4. The SMILES string of the molecule is Cc1c(CC2(NC(=O)OC(C)(C)C)CC2)sc2c(N(Cc3cccs3)C(=O)OC(C)(C)C)cnnc12. The van der Waals surface area contributed by atoms with Crippen molar-refractivity contribution >= 4 is 50.8 Å². The van der Waals surface area contributed by atoms with Gasteiger partial charge in [0.15, 0.2) is 0 Å². The molecule has 8 nitrogen and oxygen atoms in total. The number of hydrogen-bond donors (Lipinski definition) is 1. The summed E-state index contributed by atoms with van der Waals surface area (Å²) in [5.41, 5.74) is 0.955. The second-order valence-electron chi connectivity index (χ2n) is 11.3. The Morgan fingerprint density at radius 2 is 1.83 bits per heavy atom. The number of thiophene rings is 2. The van der Waals surface area contributed by atoms with Gasteiger partial charge in [0.25, 0.3) is 0 Å². The van der Waals surface area contributed by atoms with Gasteiger partial charge in [-0.1, -0.05) is 6.07 Å². The van der Waals surface area contributed by atoms with E-state index >= 15 is 0 Å². The van der Waals surface area contributed by atoms with Crippen LogP contribution in [0.5, 0.6) is 0 Å². The van der Waals surface area contributed by atoms with Gasteiger partial charge < -0.3 is 14.8 Å². The van der Waals surface area contributed by atoms with Crippen molar-refractivity contribution in [1.29, 1.82) is 0 Å². The smallest absolute Gasteiger partial charge is 0.415 e. The highest BCUT2D eigenvalue weighted by Gasteiger charge is 2.46. The first-order valence-electron chi connectivity index (χ1n) is 12.0. The fourth-order valence-corrected chi connectivity index (χ4v) is 5.95. The summed E-state index contributed by atoms with van der Waals surface area (Å²) in [6, 6.07) is 3.96. The lowest BCUT2D eigenvalue weighted by Gasteiger charge is -2.27. The minimum absolute atomic E-state index is 0.316. The Labute approximate surface area is 220 Å². The van der Waals surface area contributed by atoms with Crippen LogP contribution < -0.4 is 10.2 Å². The number of aromatic nitrogens is 2. The van der Waals surface area contributed by atoms with E-state index < -0.39 is 23.4 Å². The first kappa shape index (κ1) is 26.3. The van der Waals surface area contributed by atoms with E-state index in [1.165, 1.54) is 0 Å². The Morgan fingerprint density at radius 1 is 1.14 bits per heavy atom. The standard InChI is InChI=1S/C26H34N4O4S2/c1-16-19(13-26(10-11-26)28-22(31)33-24(2,3)4)36-21-18(14-27-29-20(16)21)30(15-17-9-8-12-35-17)23(32)34-25(5,6)7/h8-9,12,14H,10-11,13,15H2,1-7H3,(H,28,31). The van der Waals surface area contributed by atoms with Gasteiger partial charge in [-0.05, 0) is 78.3 Å². The van der Waals surface area contributed by atoms with Crippen molar-refractivity contribution < 1.29 is 19.1 Å². The monoisotopic (exact) mass is 530 g/mol. The topological polar surface area (TPSA) is 93.7 Å². The average molecular weight is 531 g/mol. The minimum Gasteiger partial charge on any atom is -0.444 e. The molecule has 1 fully saturated rings. The van der Waals surface area contributed by atoms with E-state index in [-0.39, 0.29) is 5.54 Å². The summed E-state index contributed by atoms with van der Waals surface area (Å²) in [4.78, 5) is 29.5. The molecular formula is C26H34N4O4S2. The molecule has 1 saturated carbocycles. The van der Waals surface area contributed by atoms with Crippen LogP contribution in [-0.2, 0) is 22.4 Å². The van der Waals surface area contributed by atoms with Gasteiger partial charge >= 0.3 is 12.2 Å². The van der Waals surface area contributed by atoms with E-state index in [1.807, 2.05) is 66.0 Å². The lowest BCUT2D eigenvalue weighted by atomic mass is 10.1. The largest absolute Gasteiger partial charge is 0.444 e. The predicted octanol–water partition coefficient (Wildman–Crippen LogP) is 6.60. The number of ether oxygens (including phenoxy) is 2. The lowest BCUT2D eigenvalue weighted by Crippen LogP contribution is -2.41. The molecule has 1 aliphatic carbocycles. The molecule has 3 aromatic heterocycles. The summed E-state index contributed by atoms with van der Waals surface area (Å²) in [5.74, 6) is 0. The van der Waals surface area contributed by atoms with E-state index in [4.69, 9.17) is 9.47 Å². The van der Waals surface area contributed by atoms with Crippen LogP contribution in [0.4, 0.5) is 15.3 Å². The van der Waals surface area contributed by atoms with Crippen LogP contribution >= 0.6 is 22.7 Å². The molecule has 0 radical (unpaired) electrons. The molecule has 10 heteroatoms. The summed E-state index contributed by atoms with van der Waals surface area (Å²) in [6.45, 7) is 13.5. The number of amides is 2. The molecule has 0 aromatic carbocycles. The van der Waals surface area contributed by atoms with Gasteiger partial charge in [-0.15, -0.1) is 27.8 Å². The Hall–Kier alpha value is -2.72. The number of carbonyl (C=O) groups is 2. The van der Waals surface area contributed by atoms with E-state index in [1.54, 1.807) is 33.8 Å². The Balaban J connectivity index is 1.65. The number of anilines is 1. The summed E-state index contributed by atoms with van der Waals surface area (Å²) < 4.78 is 12.1. The molecular weight excluding hydrogens is 496 g/mol. The lowest BCUT2D eigenvalue weighted by molar-refractivity contribution is 0.0495. The van der Waals surface area contributed by atoms with E-state index in [0.29, 0.717) is 18.7 Å². The molecule has 0 spiro atoms. The maximum Gasteiger partial charge on any atom is 0.415 e. The number of rotatable bonds is 6. The maximum atomic E-state index is 13.3. The van der Waals surface area contributed by atoms with Crippen molar-refractivity contribution in [3.63, 3.8) is 0 Å². The molecule has 1 N–H and O–H groups in total. The third-order valence-corrected chi connectivity index (χ3v) is 7.87. The first-order chi connectivity index (χ1) is 16.8. The molecule has 194 valence electrons. The number of aryl methyl sites for hydroxylation is 1. The highest BCUT2D eigenvalue weighted by atomic mass is 32.1. The van der Waals surface area contributed by atoms with E-state index in [9.17, 15) is 9.59 Å². The highest BCUT2D eigenvalue weighted by Crippen LogP contribution is 2.44. The van der Waals surface area contributed by atoms with Crippen LogP contribution in [0.25, 0.3) is 10.2 Å². The van der Waals surface area contributed by atoms with Gasteiger partial charge in [0.05, 0.1) is 23.1 Å².